The Hall–Kier alpha value is -3.09. The molecule has 0 radical (unpaired) electrons. The van der Waals surface area contributed by atoms with Crippen molar-refractivity contribution in [3.8, 4) is 11.5 Å². The van der Waals surface area contributed by atoms with E-state index in [1.807, 2.05) is 6.92 Å². The molecule has 2 aliphatic rings. The Bertz CT molecular complexity index is 884. The van der Waals surface area contributed by atoms with Crippen molar-refractivity contribution in [2.45, 2.75) is 25.4 Å². The van der Waals surface area contributed by atoms with Crippen LogP contribution in [0.3, 0.4) is 0 Å². The molecule has 7 heteroatoms. The van der Waals surface area contributed by atoms with Crippen LogP contribution in [0.1, 0.15) is 24.5 Å². The molecule has 0 aromatic heterocycles. The van der Waals surface area contributed by atoms with Crippen molar-refractivity contribution in [2.24, 2.45) is 0 Å². The summed E-state index contributed by atoms with van der Waals surface area (Å²) >= 11 is 0. The fourth-order valence-electron chi connectivity index (χ4n) is 3.37. The monoisotopic (exact) mass is 356 g/mol. The number of fused-ring (bicyclic) bond motifs is 1. The van der Waals surface area contributed by atoms with Crippen LogP contribution >= 0.6 is 0 Å². The van der Waals surface area contributed by atoms with Gasteiger partial charge < -0.3 is 14.8 Å². The summed E-state index contributed by atoms with van der Waals surface area (Å²) in [6.45, 7) is 2.08. The minimum Gasteiger partial charge on any atom is -0.454 e. The summed E-state index contributed by atoms with van der Waals surface area (Å²) in [5, 5.41) is 2.78. The topological polar surface area (TPSA) is 67.9 Å². The first kappa shape index (κ1) is 16.4. The maximum atomic E-state index is 13.2. The molecule has 4 rings (SSSR count). The lowest BCUT2D eigenvalue weighted by molar-refractivity contribution is -0.132. The van der Waals surface area contributed by atoms with Crippen molar-refractivity contribution in [1.29, 1.82) is 0 Å². The van der Waals surface area contributed by atoms with E-state index in [1.165, 1.54) is 29.2 Å². The number of ether oxygens (including phenoxy) is 2. The number of carbonyl (C=O) groups excluding carboxylic acids is 2. The van der Waals surface area contributed by atoms with Gasteiger partial charge in [-0.3, -0.25) is 9.69 Å². The molecule has 1 saturated heterocycles. The number of amides is 3. The van der Waals surface area contributed by atoms with Crippen LogP contribution in [0.5, 0.6) is 11.5 Å². The fraction of sp³-hybridized carbons (Fsp3) is 0.263. The zero-order chi connectivity index (χ0) is 18.3. The van der Waals surface area contributed by atoms with Gasteiger partial charge in [-0.1, -0.05) is 25.1 Å². The van der Waals surface area contributed by atoms with Gasteiger partial charge in [-0.05, 0) is 41.8 Å². The van der Waals surface area contributed by atoms with Crippen LogP contribution in [0, 0.1) is 5.82 Å². The molecule has 2 heterocycles. The summed E-state index contributed by atoms with van der Waals surface area (Å²) in [5.74, 6) is 0.485. The molecular formula is C19H17FN2O4. The van der Waals surface area contributed by atoms with Crippen molar-refractivity contribution >= 4 is 11.9 Å². The van der Waals surface area contributed by atoms with E-state index < -0.39 is 17.4 Å². The minimum atomic E-state index is -1.18. The zero-order valence-electron chi connectivity index (χ0n) is 14.1. The van der Waals surface area contributed by atoms with Gasteiger partial charge >= 0.3 is 6.03 Å². The Kier molecular flexibility index (Phi) is 3.79. The first-order valence-electron chi connectivity index (χ1n) is 8.32. The third kappa shape index (κ3) is 2.47. The lowest BCUT2D eigenvalue weighted by Gasteiger charge is -2.25. The average Bonchev–Trinajstić information content (AvgIpc) is 3.20. The predicted molar refractivity (Wildman–Crippen MR) is 90.0 cm³/mol. The van der Waals surface area contributed by atoms with Gasteiger partial charge in [-0.2, -0.15) is 0 Å². The Morgan fingerprint density at radius 1 is 1.12 bits per heavy atom. The van der Waals surface area contributed by atoms with Gasteiger partial charge in [-0.15, -0.1) is 0 Å². The summed E-state index contributed by atoms with van der Waals surface area (Å²) < 4.78 is 23.9. The van der Waals surface area contributed by atoms with Gasteiger partial charge in [0, 0.05) is 0 Å². The van der Waals surface area contributed by atoms with Gasteiger partial charge in [0.15, 0.2) is 11.5 Å². The van der Waals surface area contributed by atoms with Crippen LogP contribution in [-0.2, 0) is 16.9 Å². The fourth-order valence-corrected chi connectivity index (χ4v) is 3.37. The zero-order valence-corrected chi connectivity index (χ0v) is 14.1. The number of rotatable bonds is 4. The molecule has 0 unspecified atom stereocenters. The van der Waals surface area contributed by atoms with Crippen molar-refractivity contribution < 1.29 is 23.5 Å². The quantitative estimate of drug-likeness (QED) is 0.856. The number of imide groups is 1. The highest BCUT2D eigenvalue weighted by Crippen LogP contribution is 2.36. The standard InChI is InChI=1S/C19H17FN2O4/c1-2-19(13-4-6-14(20)7-5-13)17(23)22(18(24)21-19)10-12-3-8-15-16(9-12)26-11-25-15/h3-9H,2,10-11H2,1H3,(H,21,24)/t19-/m1/s1. The Balaban J connectivity index is 1.63. The van der Waals surface area contributed by atoms with E-state index in [1.54, 1.807) is 18.2 Å². The number of urea groups is 1. The largest absolute Gasteiger partial charge is 0.454 e. The van der Waals surface area contributed by atoms with Crippen molar-refractivity contribution in [3.05, 3.63) is 59.4 Å². The van der Waals surface area contributed by atoms with Crippen LogP contribution in [0.2, 0.25) is 0 Å². The summed E-state index contributed by atoms with van der Waals surface area (Å²) in [6.07, 6.45) is 0.362. The van der Waals surface area contributed by atoms with Gasteiger partial charge in [-0.25, -0.2) is 9.18 Å². The molecular weight excluding hydrogens is 339 g/mol. The van der Waals surface area contributed by atoms with Crippen LogP contribution < -0.4 is 14.8 Å². The Labute approximate surface area is 149 Å². The Morgan fingerprint density at radius 2 is 1.85 bits per heavy atom. The average molecular weight is 356 g/mol. The smallest absolute Gasteiger partial charge is 0.325 e. The second kappa shape index (κ2) is 6.01. The van der Waals surface area contributed by atoms with Crippen molar-refractivity contribution in [1.82, 2.24) is 10.2 Å². The predicted octanol–water partition coefficient (Wildman–Crippen LogP) is 2.91. The number of halogens is 1. The highest BCUT2D eigenvalue weighted by molar-refractivity contribution is 6.07. The highest BCUT2D eigenvalue weighted by atomic mass is 19.1. The van der Waals surface area contributed by atoms with Crippen molar-refractivity contribution in [2.75, 3.05) is 6.79 Å². The highest BCUT2D eigenvalue weighted by Gasteiger charge is 2.51. The molecule has 0 bridgehead atoms. The molecule has 6 nitrogen and oxygen atoms in total. The maximum Gasteiger partial charge on any atom is 0.325 e. The van der Waals surface area contributed by atoms with E-state index in [4.69, 9.17) is 9.47 Å². The van der Waals surface area contributed by atoms with Gasteiger partial charge in [0.25, 0.3) is 5.91 Å². The second-order valence-electron chi connectivity index (χ2n) is 6.27. The van der Waals surface area contributed by atoms with Gasteiger partial charge in [0.2, 0.25) is 6.79 Å². The van der Waals surface area contributed by atoms with Gasteiger partial charge in [0.1, 0.15) is 11.4 Å². The lowest BCUT2D eigenvalue weighted by atomic mass is 9.87. The third-order valence-electron chi connectivity index (χ3n) is 4.82. The second-order valence-corrected chi connectivity index (χ2v) is 6.27. The van der Waals surface area contributed by atoms with Crippen LogP contribution in [-0.4, -0.2) is 23.6 Å². The van der Waals surface area contributed by atoms with Crippen LogP contribution in [0.4, 0.5) is 9.18 Å². The van der Waals surface area contributed by atoms with Crippen LogP contribution in [0.25, 0.3) is 0 Å². The number of nitrogens with one attached hydrogen (secondary N) is 1. The summed E-state index contributed by atoms with van der Waals surface area (Å²) in [6, 6.07) is 10.5. The minimum absolute atomic E-state index is 0.115. The molecule has 0 saturated carbocycles. The Morgan fingerprint density at radius 3 is 2.58 bits per heavy atom. The first-order valence-corrected chi connectivity index (χ1v) is 8.32. The molecule has 2 aliphatic heterocycles. The normalized spacial score (nSPS) is 21.2. The number of hydrogen-bond acceptors (Lipinski definition) is 4. The summed E-state index contributed by atoms with van der Waals surface area (Å²) in [7, 11) is 0. The van der Waals surface area contributed by atoms with Crippen LogP contribution in [0.15, 0.2) is 42.5 Å². The summed E-state index contributed by atoms with van der Waals surface area (Å²) in [4.78, 5) is 26.8. The van der Waals surface area contributed by atoms with E-state index in [0.29, 0.717) is 23.5 Å². The summed E-state index contributed by atoms with van der Waals surface area (Å²) in [5.41, 5.74) is 0.137. The number of benzene rings is 2. The van der Waals surface area contributed by atoms with E-state index in [-0.39, 0.29) is 19.2 Å². The lowest BCUT2D eigenvalue weighted by Crippen LogP contribution is -2.43. The van der Waals surface area contributed by atoms with E-state index in [2.05, 4.69) is 5.32 Å². The molecule has 26 heavy (non-hydrogen) atoms. The molecule has 2 aromatic rings. The number of nitrogens with zero attached hydrogens (tertiary/aromatic N) is 1. The van der Waals surface area contributed by atoms with Crippen molar-refractivity contribution in [3.63, 3.8) is 0 Å². The molecule has 1 fully saturated rings. The van der Waals surface area contributed by atoms with E-state index >= 15 is 0 Å². The molecule has 3 amide bonds. The maximum absolute atomic E-state index is 13.2. The molecule has 2 aromatic carbocycles. The SMILES string of the molecule is CC[C@]1(c2ccc(F)cc2)NC(=O)N(Cc2ccc3c(c2)OCO3)C1=O. The van der Waals surface area contributed by atoms with Gasteiger partial charge in [0.05, 0.1) is 6.54 Å². The molecule has 1 atom stereocenters. The molecule has 1 N–H and O–H groups in total. The third-order valence-corrected chi connectivity index (χ3v) is 4.82. The molecule has 0 spiro atoms. The molecule has 134 valence electrons. The molecule has 0 aliphatic carbocycles. The van der Waals surface area contributed by atoms with E-state index in [0.717, 1.165) is 5.56 Å². The first-order chi connectivity index (χ1) is 12.5. The number of hydrogen-bond donors (Lipinski definition) is 1. The number of carbonyl (C=O) groups is 2. The van der Waals surface area contributed by atoms with E-state index in [9.17, 15) is 14.0 Å².